The number of carbonyl (C=O) groups excluding carboxylic acids is 4. The van der Waals surface area contributed by atoms with Gasteiger partial charge in [0.1, 0.15) is 24.7 Å². The summed E-state index contributed by atoms with van der Waals surface area (Å²) in [6, 6.07) is 29.2. The first-order valence-corrected chi connectivity index (χ1v) is 18.2. The second-order valence-corrected chi connectivity index (χ2v) is 13.2. The van der Waals surface area contributed by atoms with Crippen LogP contribution in [0.25, 0.3) is 0 Å². The van der Waals surface area contributed by atoms with Gasteiger partial charge in [0.2, 0.25) is 11.8 Å². The third-order valence-corrected chi connectivity index (χ3v) is 9.16. The Balaban J connectivity index is 1.13. The maximum absolute atomic E-state index is 13.4. The standard InChI is InChI=1S/C42H48N4O10/c1-53-37-13-5-9-33(21-37)25-46(26-34-10-6-14-38(22-34)54-2)42(52)56-18-16-44-28-39(49)43(27-40(44)50)15-17-55-41(51)45(23-31-7-3-11-35(19-31)29-47)24-32-8-4-12-36(20-32)30-48/h3-14,19-22,47-48H,15-18,23-30H2,1-2H3. The average Bonchev–Trinajstić information content (AvgIpc) is 3.22. The van der Waals surface area contributed by atoms with Crippen LogP contribution in [0.1, 0.15) is 33.4 Å². The molecule has 4 aromatic carbocycles. The number of carbonyl (C=O) groups is 4. The Morgan fingerprint density at radius 1 is 0.554 bits per heavy atom. The molecule has 1 heterocycles. The maximum Gasteiger partial charge on any atom is 0.410 e. The van der Waals surface area contributed by atoms with E-state index in [2.05, 4.69) is 0 Å². The highest BCUT2D eigenvalue weighted by Crippen LogP contribution is 2.20. The van der Waals surface area contributed by atoms with Crippen LogP contribution in [0, 0.1) is 0 Å². The Morgan fingerprint density at radius 2 is 0.893 bits per heavy atom. The molecule has 1 aliphatic rings. The fourth-order valence-electron chi connectivity index (χ4n) is 6.23. The molecule has 14 nitrogen and oxygen atoms in total. The van der Waals surface area contributed by atoms with Gasteiger partial charge in [-0.2, -0.15) is 0 Å². The number of piperazine rings is 1. The summed E-state index contributed by atoms with van der Waals surface area (Å²) < 4.78 is 21.9. The molecule has 0 unspecified atom stereocenters. The van der Waals surface area contributed by atoms with E-state index in [1.807, 2.05) is 60.7 Å². The number of amides is 4. The summed E-state index contributed by atoms with van der Waals surface area (Å²) in [4.78, 5) is 58.6. The lowest BCUT2D eigenvalue weighted by Gasteiger charge is -2.34. The first-order chi connectivity index (χ1) is 27.2. The molecule has 0 saturated carbocycles. The average molecular weight is 769 g/mol. The molecule has 4 amide bonds. The Bertz CT molecular complexity index is 1720. The molecule has 1 saturated heterocycles. The second kappa shape index (κ2) is 20.5. The van der Waals surface area contributed by atoms with Gasteiger partial charge in [0.05, 0.1) is 53.6 Å². The van der Waals surface area contributed by atoms with Crippen molar-refractivity contribution >= 4 is 24.0 Å². The van der Waals surface area contributed by atoms with Crippen LogP contribution in [0.5, 0.6) is 11.5 Å². The largest absolute Gasteiger partial charge is 0.497 e. The Hall–Kier alpha value is -6.12. The van der Waals surface area contributed by atoms with E-state index in [9.17, 15) is 29.4 Å². The van der Waals surface area contributed by atoms with Gasteiger partial charge in [-0.15, -0.1) is 0 Å². The van der Waals surface area contributed by atoms with Gasteiger partial charge in [-0.25, -0.2) is 9.59 Å². The third-order valence-electron chi connectivity index (χ3n) is 9.16. The molecule has 0 bridgehead atoms. The first-order valence-electron chi connectivity index (χ1n) is 18.2. The van der Waals surface area contributed by atoms with Crippen molar-refractivity contribution in [1.82, 2.24) is 19.6 Å². The van der Waals surface area contributed by atoms with Crippen molar-refractivity contribution in [3.05, 3.63) is 130 Å². The summed E-state index contributed by atoms with van der Waals surface area (Å²) >= 11 is 0. The number of nitrogens with zero attached hydrogens (tertiary/aromatic N) is 4. The summed E-state index contributed by atoms with van der Waals surface area (Å²) in [6.07, 6.45) is -1.22. The van der Waals surface area contributed by atoms with Crippen LogP contribution in [0.2, 0.25) is 0 Å². The zero-order valence-corrected chi connectivity index (χ0v) is 31.7. The molecule has 0 aliphatic carbocycles. The minimum atomic E-state index is -0.625. The SMILES string of the molecule is COc1cccc(CN(Cc2cccc(OC)c2)C(=O)OCCN2CC(=O)N(CCOC(=O)N(Cc3cccc(CO)c3)Cc3cccc(CO)c3)CC2=O)c1. The van der Waals surface area contributed by atoms with Gasteiger partial charge >= 0.3 is 12.2 Å². The second-order valence-electron chi connectivity index (χ2n) is 13.2. The molecule has 2 N–H and O–H groups in total. The Morgan fingerprint density at radius 3 is 1.25 bits per heavy atom. The zero-order valence-electron chi connectivity index (χ0n) is 31.7. The van der Waals surface area contributed by atoms with Crippen LogP contribution in [-0.4, -0.2) is 107 Å². The van der Waals surface area contributed by atoms with Gasteiger partial charge in [-0.1, -0.05) is 72.8 Å². The van der Waals surface area contributed by atoms with Crippen molar-refractivity contribution < 1.29 is 48.3 Å². The number of rotatable bonds is 18. The van der Waals surface area contributed by atoms with Gasteiger partial charge in [-0.05, 0) is 57.6 Å². The molecule has 1 fully saturated rings. The van der Waals surface area contributed by atoms with Gasteiger partial charge in [0.25, 0.3) is 0 Å². The van der Waals surface area contributed by atoms with Crippen LogP contribution in [0.15, 0.2) is 97.1 Å². The Labute approximate surface area is 326 Å². The summed E-state index contributed by atoms with van der Waals surface area (Å²) in [5.41, 5.74) is 4.65. The minimum Gasteiger partial charge on any atom is -0.497 e. The molecule has 0 aromatic heterocycles. The number of ether oxygens (including phenoxy) is 4. The molecule has 0 radical (unpaired) electrons. The highest BCUT2D eigenvalue weighted by molar-refractivity contribution is 5.92. The lowest BCUT2D eigenvalue weighted by atomic mass is 10.1. The van der Waals surface area contributed by atoms with E-state index < -0.39 is 12.2 Å². The summed E-state index contributed by atoms with van der Waals surface area (Å²) in [5, 5.41) is 19.2. The van der Waals surface area contributed by atoms with E-state index in [1.54, 1.807) is 50.6 Å². The Kier molecular flexibility index (Phi) is 15.0. The fourth-order valence-corrected chi connectivity index (χ4v) is 6.23. The van der Waals surface area contributed by atoms with Gasteiger partial charge in [-0.3, -0.25) is 19.4 Å². The van der Waals surface area contributed by atoms with Crippen LogP contribution < -0.4 is 9.47 Å². The van der Waals surface area contributed by atoms with Gasteiger partial charge < -0.3 is 39.0 Å². The molecule has 56 heavy (non-hydrogen) atoms. The van der Waals surface area contributed by atoms with Crippen LogP contribution in [0.4, 0.5) is 9.59 Å². The van der Waals surface area contributed by atoms with Crippen molar-refractivity contribution in [1.29, 1.82) is 0 Å². The van der Waals surface area contributed by atoms with Crippen molar-refractivity contribution in [3.8, 4) is 11.5 Å². The molecule has 14 heteroatoms. The molecular formula is C42H48N4O10. The fraction of sp³-hybridized carbons (Fsp3) is 0.333. The smallest absolute Gasteiger partial charge is 0.410 e. The predicted octanol–water partition coefficient (Wildman–Crippen LogP) is 4.34. The van der Waals surface area contributed by atoms with Crippen molar-refractivity contribution in [2.75, 3.05) is 53.6 Å². The van der Waals surface area contributed by atoms with Crippen molar-refractivity contribution in [3.63, 3.8) is 0 Å². The minimum absolute atomic E-state index is 0.0104. The number of aliphatic hydroxyl groups excluding tert-OH is 2. The summed E-state index contributed by atoms with van der Waals surface area (Å²) in [5.74, 6) is 0.650. The quantitative estimate of drug-likeness (QED) is 0.149. The molecule has 4 aromatic rings. The number of hydrogen-bond acceptors (Lipinski definition) is 10. The highest BCUT2D eigenvalue weighted by atomic mass is 16.6. The maximum atomic E-state index is 13.4. The van der Waals surface area contributed by atoms with E-state index in [-0.39, 0.29) is 90.6 Å². The van der Waals surface area contributed by atoms with Crippen molar-refractivity contribution in [2.24, 2.45) is 0 Å². The molecule has 0 spiro atoms. The predicted molar refractivity (Wildman–Crippen MR) is 205 cm³/mol. The monoisotopic (exact) mass is 768 g/mol. The van der Waals surface area contributed by atoms with Crippen molar-refractivity contribution in [2.45, 2.75) is 39.4 Å². The van der Waals surface area contributed by atoms with E-state index in [1.165, 1.54) is 19.6 Å². The van der Waals surface area contributed by atoms with Crippen LogP contribution in [-0.2, 0) is 58.5 Å². The van der Waals surface area contributed by atoms with Crippen LogP contribution in [0.3, 0.4) is 0 Å². The first kappa shape index (κ1) is 41.1. The number of hydrogen-bond donors (Lipinski definition) is 2. The van der Waals surface area contributed by atoms with Gasteiger partial charge in [0, 0.05) is 26.2 Å². The highest BCUT2D eigenvalue weighted by Gasteiger charge is 2.30. The molecule has 5 rings (SSSR count). The summed E-state index contributed by atoms with van der Waals surface area (Å²) in [6.45, 7) is -0.0921. The van der Waals surface area contributed by atoms with Gasteiger partial charge in [0.15, 0.2) is 0 Å². The van der Waals surface area contributed by atoms with Crippen LogP contribution >= 0.6 is 0 Å². The molecule has 0 atom stereocenters. The van der Waals surface area contributed by atoms with E-state index in [0.717, 1.165) is 22.3 Å². The number of benzene rings is 4. The number of methoxy groups -OCH3 is 2. The van der Waals surface area contributed by atoms with E-state index in [0.29, 0.717) is 22.6 Å². The molecule has 296 valence electrons. The third kappa shape index (κ3) is 11.9. The van der Waals surface area contributed by atoms with E-state index in [4.69, 9.17) is 18.9 Å². The lowest BCUT2D eigenvalue weighted by molar-refractivity contribution is -0.150. The topological polar surface area (TPSA) is 159 Å². The molecule has 1 aliphatic heterocycles. The van der Waals surface area contributed by atoms with E-state index >= 15 is 0 Å². The normalized spacial score (nSPS) is 12.6. The lowest BCUT2D eigenvalue weighted by Crippen LogP contribution is -2.55. The summed E-state index contributed by atoms with van der Waals surface area (Å²) in [7, 11) is 3.14. The molecular weight excluding hydrogens is 720 g/mol. The number of aliphatic hydroxyl groups is 2. The zero-order chi connectivity index (χ0) is 39.9.